The number of hydrogen-bond acceptors (Lipinski definition) is 3. The van der Waals surface area contributed by atoms with Gasteiger partial charge in [-0.05, 0) is 26.2 Å². The zero-order chi connectivity index (χ0) is 11.3. The second kappa shape index (κ2) is 5.47. The van der Waals surface area contributed by atoms with Crippen LogP contribution in [0.25, 0.3) is 0 Å². The highest BCUT2D eigenvalue weighted by molar-refractivity contribution is 5.76. The molecule has 4 heteroatoms. The molecule has 1 aliphatic rings. The molecule has 0 aliphatic heterocycles. The zero-order valence-electron chi connectivity index (χ0n) is 9.68. The van der Waals surface area contributed by atoms with Crippen molar-refractivity contribution in [1.29, 1.82) is 0 Å². The molecule has 1 saturated carbocycles. The minimum atomic E-state index is -0.778. The fraction of sp³-hybridized carbons (Fsp3) is 0.909. The Bertz CT molecular complexity index is 213. The zero-order valence-corrected chi connectivity index (χ0v) is 9.68. The molecule has 1 atom stereocenters. The van der Waals surface area contributed by atoms with Crippen LogP contribution in [0.3, 0.4) is 0 Å². The first kappa shape index (κ1) is 12.5. The van der Waals surface area contributed by atoms with Gasteiger partial charge in [0.2, 0.25) is 5.91 Å². The summed E-state index contributed by atoms with van der Waals surface area (Å²) in [5.41, 5.74) is -0.778. The smallest absolute Gasteiger partial charge is 0.221 e. The number of nitrogens with one attached hydrogen (secondary N) is 2. The van der Waals surface area contributed by atoms with Gasteiger partial charge in [-0.15, -0.1) is 0 Å². The molecule has 1 rings (SSSR count). The molecule has 0 radical (unpaired) electrons. The Balaban J connectivity index is 2.01. The predicted octanol–water partition coefficient (Wildman–Crippen LogP) is 0.406. The van der Waals surface area contributed by atoms with E-state index >= 15 is 0 Å². The molecule has 4 nitrogen and oxygen atoms in total. The molecule has 88 valence electrons. The average molecular weight is 214 g/mol. The Kier molecular flexibility index (Phi) is 4.54. The van der Waals surface area contributed by atoms with Gasteiger partial charge in [-0.2, -0.15) is 0 Å². The second-order valence-corrected chi connectivity index (χ2v) is 4.61. The minimum Gasteiger partial charge on any atom is -0.388 e. The van der Waals surface area contributed by atoms with Gasteiger partial charge in [0.25, 0.3) is 0 Å². The molecule has 15 heavy (non-hydrogen) atoms. The van der Waals surface area contributed by atoms with Crippen LogP contribution in [0.2, 0.25) is 0 Å². The SMILES string of the molecule is CCC(C)(O)CNC(=O)CCNC1CC1. The summed E-state index contributed by atoms with van der Waals surface area (Å²) in [4.78, 5) is 11.3. The fourth-order valence-electron chi connectivity index (χ4n) is 1.18. The number of aliphatic hydroxyl groups is 1. The summed E-state index contributed by atoms with van der Waals surface area (Å²) in [6.07, 6.45) is 3.63. The predicted molar refractivity (Wildman–Crippen MR) is 59.6 cm³/mol. The van der Waals surface area contributed by atoms with Crippen molar-refractivity contribution in [1.82, 2.24) is 10.6 Å². The fourth-order valence-corrected chi connectivity index (χ4v) is 1.18. The normalized spacial score (nSPS) is 19.7. The molecular weight excluding hydrogens is 192 g/mol. The Morgan fingerprint density at radius 2 is 2.20 bits per heavy atom. The van der Waals surface area contributed by atoms with Crippen LogP contribution >= 0.6 is 0 Å². The summed E-state index contributed by atoms with van der Waals surface area (Å²) >= 11 is 0. The molecule has 0 spiro atoms. The standard InChI is InChI=1S/C11H22N2O2/c1-3-11(2,15)8-13-10(14)6-7-12-9-4-5-9/h9,12,15H,3-8H2,1-2H3,(H,13,14). The van der Waals surface area contributed by atoms with Gasteiger partial charge in [0.15, 0.2) is 0 Å². The Morgan fingerprint density at radius 1 is 1.53 bits per heavy atom. The lowest BCUT2D eigenvalue weighted by Crippen LogP contribution is -2.40. The van der Waals surface area contributed by atoms with Gasteiger partial charge in [-0.25, -0.2) is 0 Å². The van der Waals surface area contributed by atoms with Gasteiger partial charge in [-0.3, -0.25) is 4.79 Å². The number of rotatable bonds is 7. The molecule has 3 N–H and O–H groups in total. The molecule has 1 fully saturated rings. The minimum absolute atomic E-state index is 0.0110. The first-order chi connectivity index (χ1) is 7.03. The number of carbonyl (C=O) groups is 1. The molecule has 0 aromatic carbocycles. The quantitative estimate of drug-likeness (QED) is 0.575. The van der Waals surface area contributed by atoms with E-state index in [1.165, 1.54) is 12.8 Å². The van der Waals surface area contributed by atoms with Crippen LogP contribution in [0.5, 0.6) is 0 Å². The van der Waals surface area contributed by atoms with Crippen molar-refractivity contribution in [2.75, 3.05) is 13.1 Å². The van der Waals surface area contributed by atoms with Crippen LogP contribution in [0.1, 0.15) is 39.5 Å². The largest absolute Gasteiger partial charge is 0.388 e. The first-order valence-corrected chi connectivity index (χ1v) is 5.76. The van der Waals surface area contributed by atoms with Crippen LogP contribution < -0.4 is 10.6 Å². The monoisotopic (exact) mass is 214 g/mol. The third-order valence-electron chi connectivity index (χ3n) is 2.79. The summed E-state index contributed by atoms with van der Waals surface area (Å²) < 4.78 is 0. The van der Waals surface area contributed by atoms with Crippen molar-refractivity contribution in [3.8, 4) is 0 Å². The van der Waals surface area contributed by atoms with Crippen LogP contribution in [-0.4, -0.2) is 35.7 Å². The maximum atomic E-state index is 11.3. The topological polar surface area (TPSA) is 61.4 Å². The number of carbonyl (C=O) groups excluding carboxylic acids is 1. The van der Waals surface area contributed by atoms with E-state index in [2.05, 4.69) is 10.6 Å². The molecule has 0 heterocycles. The van der Waals surface area contributed by atoms with Crippen molar-refractivity contribution in [3.63, 3.8) is 0 Å². The Labute approximate surface area is 91.4 Å². The average Bonchev–Trinajstić information content (AvgIpc) is 2.99. The Morgan fingerprint density at radius 3 is 2.73 bits per heavy atom. The van der Waals surface area contributed by atoms with Gasteiger partial charge in [0.1, 0.15) is 0 Å². The van der Waals surface area contributed by atoms with Crippen molar-refractivity contribution in [2.24, 2.45) is 0 Å². The molecule has 1 aliphatic carbocycles. The maximum absolute atomic E-state index is 11.3. The summed E-state index contributed by atoms with van der Waals surface area (Å²) in [5.74, 6) is 0.0110. The van der Waals surface area contributed by atoms with E-state index < -0.39 is 5.60 Å². The first-order valence-electron chi connectivity index (χ1n) is 5.76. The highest BCUT2D eigenvalue weighted by Gasteiger charge is 2.21. The molecule has 0 saturated heterocycles. The molecule has 0 bridgehead atoms. The van der Waals surface area contributed by atoms with Crippen LogP contribution in [0, 0.1) is 0 Å². The molecule has 1 unspecified atom stereocenters. The lowest BCUT2D eigenvalue weighted by atomic mass is 10.0. The summed E-state index contributed by atoms with van der Waals surface area (Å²) in [6.45, 7) is 4.72. The summed E-state index contributed by atoms with van der Waals surface area (Å²) in [7, 11) is 0. The van der Waals surface area contributed by atoms with Crippen molar-refractivity contribution < 1.29 is 9.90 Å². The van der Waals surface area contributed by atoms with Gasteiger partial charge >= 0.3 is 0 Å². The highest BCUT2D eigenvalue weighted by Crippen LogP contribution is 2.18. The summed E-state index contributed by atoms with van der Waals surface area (Å²) in [6, 6.07) is 0.650. The molecule has 1 amide bonds. The van der Waals surface area contributed by atoms with Gasteiger partial charge < -0.3 is 15.7 Å². The Hall–Kier alpha value is -0.610. The molecular formula is C11H22N2O2. The van der Waals surface area contributed by atoms with E-state index in [1.807, 2.05) is 6.92 Å². The van der Waals surface area contributed by atoms with E-state index in [0.717, 1.165) is 6.54 Å². The van der Waals surface area contributed by atoms with E-state index in [1.54, 1.807) is 6.92 Å². The summed E-state index contributed by atoms with van der Waals surface area (Å²) in [5, 5.41) is 15.7. The van der Waals surface area contributed by atoms with Crippen molar-refractivity contribution in [2.45, 2.75) is 51.2 Å². The van der Waals surface area contributed by atoms with E-state index in [0.29, 0.717) is 25.4 Å². The van der Waals surface area contributed by atoms with E-state index in [-0.39, 0.29) is 5.91 Å². The maximum Gasteiger partial charge on any atom is 0.221 e. The highest BCUT2D eigenvalue weighted by atomic mass is 16.3. The lowest BCUT2D eigenvalue weighted by Gasteiger charge is -2.21. The van der Waals surface area contributed by atoms with Crippen LogP contribution in [0.4, 0.5) is 0 Å². The van der Waals surface area contributed by atoms with Gasteiger partial charge in [0.05, 0.1) is 5.60 Å². The second-order valence-electron chi connectivity index (χ2n) is 4.61. The number of amides is 1. The third kappa shape index (κ3) is 5.74. The van der Waals surface area contributed by atoms with Crippen LogP contribution in [-0.2, 0) is 4.79 Å². The van der Waals surface area contributed by atoms with E-state index in [9.17, 15) is 9.90 Å². The van der Waals surface area contributed by atoms with E-state index in [4.69, 9.17) is 0 Å². The lowest BCUT2D eigenvalue weighted by molar-refractivity contribution is -0.122. The van der Waals surface area contributed by atoms with Gasteiger partial charge in [0, 0.05) is 25.6 Å². The van der Waals surface area contributed by atoms with Crippen molar-refractivity contribution >= 4 is 5.91 Å². The van der Waals surface area contributed by atoms with Crippen LogP contribution in [0.15, 0.2) is 0 Å². The molecule has 0 aromatic heterocycles. The van der Waals surface area contributed by atoms with Gasteiger partial charge in [-0.1, -0.05) is 6.92 Å². The van der Waals surface area contributed by atoms with Crippen molar-refractivity contribution in [3.05, 3.63) is 0 Å². The third-order valence-corrected chi connectivity index (χ3v) is 2.79. The molecule has 0 aromatic rings. The number of hydrogen-bond donors (Lipinski definition) is 3.